The highest BCUT2D eigenvalue weighted by Gasteiger charge is 2.07. The van der Waals surface area contributed by atoms with Gasteiger partial charge < -0.3 is 16.4 Å². The minimum atomic E-state index is -0.421. The molecule has 0 fully saturated rings. The Bertz CT molecular complexity index is 690. The van der Waals surface area contributed by atoms with Crippen LogP contribution in [0.1, 0.15) is 11.1 Å². The van der Waals surface area contributed by atoms with Gasteiger partial charge in [-0.05, 0) is 30.7 Å². The molecule has 1 heterocycles. The minimum absolute atomic E-state index is 0.421. The smallest absolute Gasteiger partial charge is 0.323 e. The second-order valence-corrected chi connectivity index (χ2v) is 4.17. The molecule has 0 radical (unpaired) electrons. The number of amides is 2. The number of urea groups is 1. The van der Waals surface area contributed by atoms with Crippen molar-refractivity contribution >= 4 is 23.1 Å². The molecular weight excluding hydrogens is 254 g/mol. The molecule has 0 aliphatic carbocycles. The largest absolute Gasteiger partial charge is 0.397 e. The number of nitrogen functional groups attached to an aromatic ring is 1. The molecule has 0 aliphatic heterocycles. The van der Waals surface area contributed by atoms with E-state index < -0.39 is 6.03 Å². The topological polar surface area (TPSA) is 104 Å². The van der Waals surface area contributed by atoms with E-state index in [2.05, 4.69) is 15.6 Å². The molecule has 100 valence electrons. The van der Waals surface area contributed by atoms with E-state index in [1.807, 2.05) is 6.07 Å². The maximum Gasteiger partial charge on any atom is 0.323 e. The normalized spacial score (nSPS) is 9.60. The maximum absolute atomic E-state index is 11.9. The molecule has 6 heteroatoms. The first-order chi connectivity index (χ1) is 9.60. The molecule has 0 saturated heterocycles. The summed E-state index contributed by atoms with van der Waals surface area (Å²) in [6.45, 7) is 1.79. The SMILES string of the molecule is Cc1c(N)cncc1NC(=O)Nc1cccc(C#N)c1. The van der Waals surface area contributed by atoms with Crippen molar-refractivity contribution in [3.63, 3.8) is 0 Å². The first-order valence-corrected chi connectivity index (χ1v) is 5.88. The molecule has 0 aliphatic rings. The summed E-state index contributed by atoms with van der Waals surface area (Å²) >= 11 is 0. The third kappa shape index (κ3) is 3.03. The van der Waals surface area contributed by atoms with Gasteiger partial charge in [-0.1, -0.05) is 6.07 Å². The number of nitrogens with two attached hydrogens (primary N) is 1. The van der Waals surface area contributed by atoms with E-state index in [0.717, 1.165) is 5.56 Å². The van der Waals surface area contributed by atoms with Gasteiger partial charge in [0.2, 0.25) is 0 Å². The van der Waals surface area contributed by atoms with Crippen molar-refractivity contribution in [1.82, 2.24) is 4.98 Å². The Morgan fingerprint density at radius 2 is 2.15 bits per heavy atom. The number of rotatable bonds is 2. The van der Waals surface area contributed by atoms with Crippen LogP contribution >= 0.6 is 0 Å². The van der Waals surface area contributed by atoms with Crippen molar-refractivity contribution in [2.45, 2.75) is 6.92 Å². The highest BCUT2D eigenvalue weighted by atomic mass is 16.2. The van der Waals surface area contributed by atoms with Crippen LogP contribution in [0.3, 0.4) is 0 Å². The molecule has 2 aromatic rings. The lowest BCUT2D eigenvalue weighted by Crippen LogP contribution is -2.20. The highest BCUT2D eigenvalue weighted by Crippen LogP contribution is 2.19. The lowest BCUT2D eigenvalue weighted by Gasteiger charge is -2.10. The van der Waals surface area contributed by atoms with Crippen molar-refractivity contribution in [3.05, 3.63) is 47.8 Å². The lowest BCUT2D eigenvalue weighted by atomic mass is 10.2. The summed E-state index contributed by atoms with van der Waals surface area (Å²) in [5, 5.41) is 14.1. The predicted octanol–water partition coefficient (Wildman–Crippen LogP) is 2.49. The zero-order valence-corrected chi connectivity index (χ0v) is 10.8. The fourth-order valence-corrected chi connectivity index (χ4v) is 1.62. The number of hydrogen-bond donors (Lipinski definition) is 3. The van der Waals surface area contributed by atoms with Crippen LogP contribution in [0.5, 0.6) is 0 Å². The van der Waals surface area contributed by atoms with Crippen LogP contribution in [0.25, 0.3) is 0 Å². The first kappa shape index (κ1) is 13.4. The summed E-state index contributed by atoms with van der Waals surface area (Å²) in [5.74, 6) is 0. The maximum atomic E-state index is 11.9. The van der Waals surface area contributed by atoms with Gasteiger partial charge in [0.05, 0.1) is 35.4 Å². The van der Waals surface area contributed by atoms with Gasteiger partial charge in [-0.25, -0.2) is 4.79 Å². The van der Waals surface area contributed by atoms with Gasteiger partial charge in [0.1, 0.15) is 0 Å². The molecule has 0 unspecified atom stereocenters. The summed E-state index contributed by atoms with van der Waals surface area (Å²) in [7, 11) is 0. The van der Waals surface area contributed by atoms with Crippen LogP contribution < -0.4 is 16.4 Å². The Morgan fingerprint density at radius 1 is 1.35 bits per heavy atom. The van der Waals surface area contributed by atoms with E-state index in [1.54, 1.807) is 31.2 Å². The van der Waals surface area contributed by atoms with Gasteiger partial charge in [0, 0.05) is 5.69 Å². The van der Waals surface area contributed by atoms with Crippen molar-refractivity contribution < 1.29 is 4.79 Å². The first-order valence-electron chi connectivity index (χ1n) is 5.88. The van der Waals surface area contributed by atoms with Gasteiger partial charge in [0.25, 0.3) is 0 Å². The number of carbonyl (C=O) groups is 1. The highest BCUT2D eigenvalue weighted by molar-refractivity contribution is 6.00. The van der Waals surface area contributed by atoms with E-state index in [4.69, 9.17) is 11.0 Å². The van der Waals surface area contributed by atoms with E-state index >= 15 is 0 Å². The molecule has 20 heavy (non-hydrogen) atoms. The quantitative estimate of drug-likeness (QED) is 0.777. The zero-order chi connectivity index (χ0) is 14.5. The molecule has 4 N–H and O–H groups in total. The second kappa shape index (κ2) is 5.71. The molecule has 2 rings (SSSR count). The van der Waals surface area contributed by atoms with Gasteiger partial charge in [-0.15, -0.1) is 0 Å². The number of benzene rings is 1. The Kier molecular flexibility index (Phi) is 3.82. The molecule has 6 nitrogen and oxygen atoms in total. The number of carbonyl (C=O) groups excluding carboxylic acids is 1. The minimum Gasteiger partial charge on any atom is -0.397 e. The molecule has 0 saturated carbocycles. The fourth-order valence-electron chi connectivity index (χ4n) is 1.62. The fraction of sp³-hybridized carbons (Fsp3) is 0.0714. The van der Waals surface area contributed by atoms with Crippen molar-refractivity contribution in [2.75, 3.05) is 16.4 Å². The third-order valence-electron chi connectivity index (χ3n) is 2.75. The Hall–Kier alpha value is -3.07. The van der Waals surface area contributed by atoms with Crippen LogP contribution in [0.2, 0.25) is 0 Å². The van der Waals surface area contributed by atoms with E-state index in [-0.39, 0.29) is 0 Å². The number of hydrogen-bond acceptors (Lipinski definition) is 4. The van der Waals surface area contributed by atoms with Crippen LogP contribution in [0.4, 0.5) is 21.9 Å². The number of anilines is 3. The monoisotopic (exact) mass is 267 g/mol. The summed E-state index contributed by atoms with van der Waals surface area (Å²) < 4.78 is 0. The summed E-state index contributed by atoms with van der Waals surface area (Å²) in [6, 6.07) is 8.23. The number of nitriles is 1. The van der Waals surface area contributed by atoms with E-state index in [1.165, 1.54) is 12.4 Å². The van der Waals surface area contributed by atoms with E-state index in [0.29, 0.717) is 22.6 Å². The van der Waals surface area contributed by atoms with Crippen LogP contribution in [-0.4, -0.2) is 11.0 Å². The molecule has 1 aromatic carbocycles. The lowest BCUT2D eigenvalue weighted by molar-refractivity contribution is 0.262. The average molecular weight is 267 g/mol. The standard InChI is InChI=1S/C14H13N5O/c1-9-12(16)7-17-8-13(9)19-14(20)18-11-4-2-3-10(5-11)6-15/h2-5,7-8H,16H2,1H3,(H2,18,19,20). The van der Waals surface area contributed by atoms with Crippen LogP contribution in [0, 0.1) is 18.3 Å². The Labute approximate surface area is 116 Å². The Balaban J connectivity index is 2.09. The number of aromatic nitrogens is 1. The second-order valence-electron chi connectivity index (χ2n) is 4.17. The molecule has 0 bridgehead atoms. The van der Waals surface area contributed by atoms with Crippen LogP contribution in [-0.2, 0) is 0 Å². The van der Waals surface area contributed by atoms with Crippen molar-refractivity contribution in [1.29, 1.82) is 5.26 Å². The third-order valence-corrected chi connectivity index (χ3v) is 2.75. The van der Waals surface area contributed by atoms with Crippen molar-refractivity contribution in [3.8, 4) is 6.07 Å². The zero-order valence-electron chi connectivity index (χ0n) is 10.8. The van der Waals surface area contributed by atoms with Gasteiger partial charge in [0.15, 0.2) is 0 Å². The van der Waals surface area contributed by atoms with E-state index in [9.17, 15) is 4.79 Å². The summed E-state index contributed by atoms with van der Waals surface area (Å²) in [6.07, 6.45) is 3.05. The Morgan fingerprint density at radius 3 is 2.90 bits per heavy atom. The molecule has 2 amide bonds. The van der Waals surface area contributed by atoms with Gasteiger partial charge in [-0.3, -0.25) is 4.98 Å². The van der Waals surface area contributed by atoms with Gasteiger partial charge >= 0.3 is 6.03 Å². The number of pyridine rings is 1. The average Bonchev–Trinajstić information content (AvgIpc) is 2.44. The van der Waals surface area contributed by atoms with Crippen LogP contribution in [0.15, 0.2) is 36.7 Å². The van der Waals surface area contributed by atoms with Gasteiger partial charge in [-0.2, -0.15) is 5.26 Å². The number of nitrogens with one attached hydrogen (secondary N) is 2. The molecule has 1 aromatic heterocycles. The molecular formula is C14H13N5O. The van der Waals surface area contributed by atoms with Crippen molar-refractivity contribution in [2.24, 2.45) is 0 Å². The molecule has 0 spiro atoms. The summed E-state index contributed by atoms with van der Waals surface area (Å²) in [5.41, 5.74) is 8.53. The number of nitrogens with zero attached hydrogens (tertiary/aromatic N) is 2. The predicted molar refractivity (Wildman–Crippen MR) is 77.2 cm³/mol. The summed E-state index contributed by atoms with van der Waals surface area (Å²) in [4.78, 5) is 15.8. The molecule has 0 atom stereocenters.